The molecule has 0 radical (unpaired) electrons. The predicted molar refractivity (Wildman–Crippen MR) is 125 cm³/mol. The molecule has 168 valence electrons. The fourth-order valence-electron chi connectivity index (χ4n) is 4.55. The van der Waals surface area contributed by atoms with Crippen molar-refractivity contribution in [1.29, 1.82) is 0 Å². The van der Waals surface area contributed by atoms with Crippen molar-refractivity contribution in [3.05, 3.63) is 28.2 Å². The number of carbonyl (C=O) groups is 1. The molecule has 1 saturated carbocycles. The highest BCUT2D eigenvalue weighted by atomic mass is 35.5. The van der Waals surface area contributed by atoms with E-state index in [2.05, 4.69) is 21.2 Å². The molecular formula is C23H35Cl2N3O2. The van der Waals surface area contributed by atoms with E-state index in [-0.39, 0.29) is 5.91 Å². The van der Waals surface area contributed by atoms with E-state index in [0.29, 0.717) is 29.1 Å². The first-order valence-electron chi connectivity index (χ1n) is 11.3. The maximum absolute atomic E-state index is 12.0. The number of piperazine rings is 1. The molecule has 1 aromatic rings. The van der Waals surface area contributed by atoms with E-state index in [9.17, 15) is 4.79 Å². The van der Waals surface area contributed by atoms with Crippen LogP contribution < -0.4 is 10.2 Å². The molecule has 0 bridgehead atoms. The molecule has 7 heteroatoms. The number of amides is 1. The molecule has 1 aliphatic carbocycles. The van der Waals surface area contributed by atoms with Gasteiger partial charge in [0.05, 0.1) is 10.0 Å². The van der Waals surface area contributed by atoms with Gasteiger partial charge < -0.3 is 15.0 Å². The number of ether oxygens (including phenoxy) is 1. The Hall–Kier alpha value is -1.01. The summed E-state index contributed by atoms with van der Waals surface area (Å²) in [6.45, 7) is 6.07. The number of rotatable bonds is 9. The maximum atomic E-state index is 12.0. The Bertz CT molecular complexity index is 672. The van der Waals surface area contributed by atoms with E-state index in [1.54, 1.807) is 7.11 Å². The molecule has 2 fully saturated rings. The van der Waals surface area contributed by atoms with Crippen LogP contribution in [0, 0.1) is 5.92 Å². The van der Waals surface area contributed by atoms with Crippen LogP contribution in [0.4, 0.5) is 5.69 Å². The predicted octanol–water partition coefficient (Wildman–Crippen LogP) is 4.61. The molecule has 0 unspecified atom stereocenters. The number of nitrogens with zero attached hydrogens (tertiary/aromatic N) is 2. The van der Waals surface area contributed by atoms with Crippen LogP contribution in [0.25, 0.3) is 0 Å². The SMILES string of the molecule is COCCCC(=O)N[C@H]1CC[C@H](CCN2CCN(c3ccc(Cl)c(Cl)c3)CC2)CC1. The lowest BCUT2D eigenvalue weighted by molar-refractivity contribution is -0.122. The highest BCUT2D eigenvalue weighted by molar-refractivity contribution is 6.42. The van der Waals surface area contributed by atoms with Crippen LogP contribution in [0.15, 0.2) is 18.2 Å². The van der Waals surface area contributed by atoms with Gasteiger partial charge in [0.1, 0.15) is 0 Å². The van der Waals surface area contributed by atoms with Crippen molar-refractivity contribution in [1.82, 2.24) is 10.2 Å². The van der Waals surface area contributed by atoms with Gasteiger partial charge in [0, 0.05) is 58.0 Å². The molecule has 1 heterocycles. The number of carbonyl (C=O) groups excluding carboxylic acids is 1. The van der Waals surface area contributed by atoms with E-state index in [1.165, 1.54) is 25.8 Å². The van der Waals surface area contributed by atoms with Gasteiger partial charge in [-0.25, -0.2) is 0 Å². The van der Waals surface area contributed by atoms with Crippen molar-refractivity contribution in [2.75, 3.05) is 51.3 Å². The fourth-order valence-corrected chi connectivity index (χ4v) is 4.84. The van der Waals surface area contributed by atoms with E-state index >= 15 is 0 Å². The van der Waals surface area contributed by atoms with Gasteiger partial charge in [-0.05, 0) is 69.2 Å². The second kappa shape index (κ2) is 12.1. The normalized spacial score (nSPS) is 22.8. The molecule has 3 rings (SSSR count). The summed E-state index contributed by atoms with van der Waals surface area (Å²) in [6, 6.07) is 6.27. The molecule has 0 aromatic heterocycles. The summed E-state index contributed by atoms with van der Waals surface area (Å²) >= 11 is 12.2. The minimum absolute atomic E-state index is 0.176. The van der Waals surface area contributed by atoms with Gasteiger partial charge in [0.15, 0.2) is 0 Å². The largest absolute Gasteiger partial charge is 0.385 e. The van der Waals surface area contributed by atoms with Crippen molar-refractivity contribution in [3.8, 4) is 0 Å². The Balaban J connectivity index is 1.30. The van der Waals surface area contributed by atoms with E-state index in [0.717, 1.165) is 57.0 Å². The summed E-state index contributed by atoms with van der Waals surface area (Å²) in [6.07, 6.45) is 7.33. The van der Waals surface area contributed by atoms with E-state index < -0.39 is 0 Å². The minimum atomic E-state index is 0.176. The van der Waals surface area contributed by atoms with Gasteiger partial charge in [-0.3, -0.25) is 9.69 Å². The average Bonchev–Trinajstić information content (AvgIpc) is 2.76. The average molecular weight is 456 g/mol. The third-order valence-electron chi connectivity index (χ3n) is 6.46. The molecule has 1 saturated heterocycles. The van der Waals surface area contributed by atoms with Crippen LogP contribution in [-0.4, -0.2) is 63.3 Å². The third kappa shape index (κ3) is 7.30. The van der Waals surface area contributed by atoms with Gasteiger partial charge in [-0.2, -0.15) is 0 Å². The Kier molecular flexibility index (Phi) is 9.57. The second-order valence-corrected chi connectivity index (χ2v) is 9.41. The highest BCUT2D eigenvalue weighted by Crippen LogP contribution is 2.29. The number of nitrogens with one attached hydrogen (secondary N) is 1. The summed E-state index contributed by atoms with van der Waals surface area (Å²) in [5.74, 6) is 0.968. The molecule has 1 aliphatic heterocycles. The first-order valence-corrected chi connectivity index (χ1v) is 12.0. The fraction of sp³-hybridized carbons (Fsp3) is 0.696. The summed E-state index contributed by atoms with van der Waals surface area (Å²) in [7, 11) is 1.68. The Morgan fingerprint density at radius 2 is 1.83 bits per heavy atom. The quantitative estimate of drug-likeness (QED) is 0.552. The van der Waals surface area contributed by atoms with Gasteiger partial charge in [-0.1, -0.05) is 23.2 Å². The molecule has 0 atom stereocenters. The van der Waals surface area contributed by atoms with Gasteiger partial charge in [0.2, 0.25) is 5.91 Å². The minimum Gasteiger partial charge on any atom is -0.385 e. The molecule has 30 heavy (non-hydrogen) atoms. The van der Waals surface area contributed by atoms with Crippen molar-refractivity contribution in [3.63, 3.8) is 0 Å². The molecule has 1 aromatic carbocycles. The highest BCUT2D eigenvalue weighted by Gasteiger charge is 2.24. The number of hydrogen-bond donors (Lipinski definition) is 1. The maximum Gasteiger partial charge on any atom is 0.220 e. The van der Waals surface area contributed by atoms with E-state index in [1.807, 2.05) is 12.1 Å². The zero-order chi connectivity index (χ0) is 21.3. The molecule has 2 aliphatic rings. The summed E-state index contributed by atoms with van der Waals surface area (Å²) < 4.78 is 5.01. The van der Waals surface area contributed by atoms with Crippen molar-refractivity contribution >= 4 is 34.8 Å². The van der Waals surface area contributed by atoms with Crippen LogP contribution in [0.3, 0.4) is 0 Å². The molecular weight excluding hydrogens is 421 g/mol. The van der Waals surface area contributed by atoms with E-state index in [4.69, 9.17) is 27.9 Å². The number of methoxy groups -OCH3 is 1. The first-order chi connectivity index (χ1) is 14.5. The lowest BCUT2D eigenvalue weighted by atomic mass is 9.84. The van der Waals surface area contributed by atoms with Gasteiger partial charge in [-0.15, -0.1) is 0 Å². The van der Waals surface area contributed by atoms with Crippen molar-refractivity contribution < 1.29 is 9.53 Å². The topological polar surface area (TPSA) is 44.8 Å². The number of benzene rings is 1. The molecule has 5 nitrogen and oxygen atoms in total. The van der Waals surface area contributed by atoms with Gasteiger partial charge >= 0.3 is 0 Å². The van der Waals surface area contributed by atoms with Crippen molar-refractivity contribution in [2.24, 2.45) is 5.92 Å². The standard InChI is InChI=1S/C23H35Cl2N3O2/c1-30-16-2-3-23(29)26-19-6-4-18(5-7-19)10-11-27-12-14-28(15-13-27)20-8-9-21(24)22(25)17-20/h8-9,17-19H,2-7,10-16H2,1H3,(H,26,29)/t18-,19-. The Morgan fingerprint density at radius 1 is 1.10 bits per heavy atom. The van der Waals surface area contributed by atoms with Crippen molar-refractivity contribution in [2.45, 2.75) is 51.0 Å². The number of hydrogen-bond acceptors (Lipinski definition) is 4. The van der Waals surface area contributed by atoms with Crippen LogP contribution in [0.2, 0.25) is 10.0 Å². The summed E-state index contributed by atoms with van der Waals surface area (Å²) in [5.41, 5.74) is 1.16. The summed E-state index contributed by atoms with van der Waals surface area (Å²) in [5, 5.41) is 4.44. The Labute approximate surface area is 191 Å². The lowest BCUT2D eigenvalue weighted by Crippen LogP contribution is -2.47. The third-order valence-corrected chi connectivity index (χ3v) is 7.20. The zero-order valence-corrected chi connectivity index (χ0v) is 19.6. The zero-order valence-electron chi connectivity index (χ0n) is 18.0. The van der Waals surface area contributed by atoms with Crippen LogP contribution in [0.5, 0.6) is 0 Å². The second-order valence-electron chi connectivity index (χ2n) is 8.60. The Morgan fingerprint density at radius 3 is 2.50 bits per heavy atom. The van der Waals surface area contributed by atoms with Crippen LogP contribution in [-0.2, 0) is 9.53 Å². The molecule has 0 spiro atoms. The number of anilines is 1. The molecule has 1 amide bonds. The van der Waals surface area contributed by atoms with Gasteiger partial charge in [0.25, 0.3) is 0 Å². The van der Waals surface area contributed by atoms with Crippen LogP contribution >= 0.6 is 23.2 Å². The monoisotopic (exact) mass is 455 g/mol. The number of halogens is 2. The molecule has 1 N–H and O–H groups in total. The summed E-state index contributed by atoms with van der Waals surface area (Å²) in [4.78, 5) is 16.9. The lowest BCUT2D eigenvalue weighted by Gasteiger charge is -2.37. The smallest absolute Gasteiger partial charge is 0.220 e. The first kappa shape index (κ1) is 23.6. The van der Waals surface area contributed by atoms with Crippen LogP contribution in [0.1, 0.15) is 44.9 Å².